The van der Waals surface area contributed by atoms with Crippen molar-refractivity contribution in [2.45, 2.75) is 19.0 Å². The number of nitrogens with zero attached hydrogens (tertiary/aromatic N) is 2. The molecule has 1 atom stereocenters. The van der Waals surface area contributed by atoms with Crippen molar-refractivity contribution >= 4 is 17.6 Å². The van der Waals surface area contributed by atoms with Crippen LogP contribution < -0.4 is 15.0 Å². The van der Waals surface area contributed by atoms with E-state index in [2.05, 4.69) is 5.32 Å². The van der Waals surface area contributed by atoms with Crippen LogP contribution in [0.25, 0.3) is 0 Å². The number of hydrogen-bond acceptors (Lipinski definition) is 3. The summed E-state index contributed by atoms with van der Waals surface area (Å²) in [4.78, 5) is 28.0. The van der Waals surface area contributed by atoms with Crippen LogP contribution in [-0.4, -0.2) is 43.6 Å². The highest BCUT2D eigenvalue weighted by Crippen LogP contribution is 2.24. The Morgan fingerprint density at radius 2 is 1.88 bits per heavy atom. The van der Waals surface area contributed by atoms with Crippen LogP contribution in [0.2, 0.25) is 0 Å². The fraction of sp³-hybridized carbons (Fsp3) is 0.300. The van der Waals surface area contributed by atoms with Gasteiger partial charge in [0.05, 0.1) is 13.2 Å². The zero-order chi connectivity index (χ0) is 18.5. The minimum Gasteiger partial charge on any atom is -0.497 e. The Labute approximate surface area is 153 Å². The van der Waals surface area contributed by atoms with Gasteiger partial charge in [-0.3, -0.25) is 4.79 Å². The maximum atomic E-state index is 12.4. The number of carbonyl (C=O) groups excluding carboxylic acids is 2. The van der Waals surface area contributed by atoms with E-state index in [1.165, 1.54) is 0 Å². The van der Waals surface area contributed by atoms with Gasteiger partial charge in [-0.2, -0.15) is 0 Å². The zero-order valence-electron chi connectivity index (χ0n) is 15.0. The van der Waals surface area contributed by atoms with E-state index in [4.69, 9.17) is 4.74 Å². The lowest BCUT2D eigenvalue weighted by molar-refractivity contribution is -0.117. The molecule has 1 heterocycles. The van der Waals surface area contributed by atoms with Gasteiger partial charge in [0.15, 0.2) is 0 Å². The van der Waals surface area contributed by atoms with Crippen molar-refractivity contribution in [2.24, 2.45) is 0 Å². The van der Waals surface area contributed by atoms with Crippen molar-refractivity contribution in [2.75, 3.05) is 25.6 Å². The van der Waals surface area contributed by atoms with Gasteiger partial charge in [0.1, 0.15) is 5.75 Å². The van der Waals surface area contributed by atoms with Crippen LogP contribution in [0.1, 0.15) is 12.0 Å². The highest BCUT2D eigenvalue weighted by Gasteiger charge is 2.32. The first-order valence-electron chi connectivity index (χ1n) is 8.57. The summed E-state index contributed by atoms with van der Waals surface area (Å²) in [5.41, 5.74) is 1.87. The normalized spacial score (nSPS) is 16.5. The van der Waals surface area contributed by atoms with Gasteiger partial charge in [-0.25, -0.2) is 4.79 Å². The molecule has 2 aromatic carbocycles. The van der Waals surface area contributed by atoms with Gasteiger partial charge in [-0.05, 0) is 29.8 Å². The Bertz CT molecular complexity index is 762. The Morgan fingerprint density at radius 1 is 1.19 bits per heavy atom. The number of nitrogens with one attached hydrogen (secondary N) is 1. The van der Waals surface area contributed by atoms with Crippen molar-refractivity contribution in [1.82, 2.24) is 10.2 Å². The monoisotopic (exact) mass is 353 g/mol. The number of urea groups is 1. The summed E-state index contributed by atoms with van der Waals surface area (Å²) in [6, 6.07) is 16.8. The summed E-state index contributed by atoms with van der Waals surface area (Å²) >= 11 is 0. The van der Waals surface area contributed by atoms with E-state index in [0.29, 0.717) is 19.5 Å². The summed E-state index contributed by atoms with van der Waals surface area (Å²) in [6.45, 7) is 0.992. The van der Waals surface area contributed by atoms with Gasteiger partial charge in [0.2, 0.25) is 5.91 Å². The molecule has 1 N–H and O–H groups in total. The molecule has 6 heteroatoms. The molecule has 1 aliphatic rings. The fourth-order valence-corrected chi connectivity index (χ4v) is 3.03. The second-order valence-corrected chi connectivity index (χ2v) is 6.39. The second kappa shape index (κ2) is 7.91. The van der Waals surface area contributed by atoms with E-state index in [1.54, 1.807) is 24.0 Å². The van der Waals surface area contributed by atoms with Crippen molar-refractivity contribution in [3.63, 3.8) is 0 Å². The molecule has 0 radical (unpaired) electrons. The van der Waals surface area contributed by atoms with Crippen molar-refractivity contribution in [3.05, 3.63) is 60.2 Å². The maximum absolute atomic E-state index is 12.4. The van der Waals surface area contributed by atoms with E-state index in [-0.39, 0.29) is 18.0 Å². The van der Waals surface area contributed by atoms with Gasteiger partial charge in [-0.1, -0.05) is 30.3 Å². The molecule has 6 nitrogen and oxygen atoms in total. The number of anilines is 1. The Balaban J connectivity index is 1.57. The van der Waals surface area contributed by atoms with Crippen LogP contribution in [0.3, 0.4) is 0 Å². The van der Waals surface area contributed by atoms with Crippen LogP contribution in [0.5, 0.6) is 5.75 Å². The smallest absolute Gasteiger partial charge is 0.317 e. The summed E-state index contributed by atoms with van der Waals surface area (Å²) in [7, 11) is 3.36. The highest BCUT2D eigenvalue weighted by atomic mass is 16.5. The van der Waals surface area contributed by atoms with Gasteiger partial charge in [0, 0.05) is 32.2 Å². The predicted octanol–water partition coefficient (Wildman–Crippen LogP) is 2.64. The quantitative estimate of drug-likeness (QED) is 0.899. The number of amides is 3. The van der Waals surface area contributed by atoms with Crippen LogP contribution in [0, 0.1) is 0 Å². The lowest BCUT2D eigenvalue weighted by Gasteiger charge is -2.21. The van der Waals surface area contributed by atoms with E-state index >= 15 is 0 Å². The number of carbonyl (C=O) groups is 2. The Morgan fingerprint density at radius 3 is 2.54 bits per heavy atom. The van der Waals surface area contributed by atoms with Gasteiger partial charge < -0.3 is 19.9 Å². The van der Waals surface area contributed by atoms with E-state index in [1.807, 2.05) is 54.6 Å². The number of hydrogen-bond donors (Lipinski definition) is 1. The molecule has 0 bridgehead atoms. The molecule has 26 heavy (non-hydrogen) atoms. The molecule has 1 saturated heterocycles. The zero-order valence-corrected chi connectivity index (χ0v) is 15.0. The maximum Gasteiger partial charge on any atom is 0.317 e. The average Bonchev–Trinajstić information content (AvgIpc) is 3.02. The SMILES string of the molecule is COc1ccc(N2C[C@@H](NC(=O)N(C)Cc3ccccc3)CC2=O)cc1. The summed E-state index contributed by atoms with van der Waals surface area (Å²) < 4.78 is 5.14. The third-order valence-electron chi connectivity index (χ3n) is 4.45. The highest BCUT2D eigenvalue weighted by molar-refractivity contribution is 5.96. The lowest BCUT2D eigenvalue weighted by Crippen LogP contribution is -2.43. The number of ether oxygens (including phenoxy) is 1. The Kier molecular flexibility index (Phi) is 5.41. The van der Waals surface area contributed by atoms with E-state index in [9.17, 15) is 9.59 Å². The van der Waals surface area contributed by atoms with Gasteiger partial charge >= 0.3 is 6.03 Å². The molecule has 3 rings (SSSR count). The topological polar surface area (TPSA) is 61.9 Å². The first-order valence-corrected chi connectivity index (χ1v) is 8.57. The van der Waals surface area contributed by atoms with Crippen molar-refractivity contribution in [3.8, 4) is 5.75 Å². The minimum atomic E-state index is -0.199. The van der Waals surface area contributed by atoms with Crippen molar-refractivity contribution in [1.29, 1.82) is 0 Å². The third kappa shape index (κ3) is 4.14. The second-order valence-electron chi connectivity index (χ2n) is 6.39. The molecule has 0 aromatic heterocycles. The molecule has 0 saturated carbocycles. The number of methoxy groups -OCH3 is 1. The van der Waals surface area contributed by atoms with Crippen molar-refractivity contribution < 1.29 is 14.3 Å². The van der Waals surface area contributed by atoms with Crippen LogP contribution in [-0.2, 0) is 11.3 Å². The Hall–Kier alpha value is -3.02. The molecule has 1 fully saturated rings. The molecular weight excluding hydrogens is 330 g/mol. The average molecular weight is 353 g/mol. The largest absolute Gasteiger partial charge is 0.497 e. The summed E-state index contributed by atoms with van der Waals surface area (Å²) in [6.07, 6.45) is 0.303. The van der Waals surface area contributed by atoms with Crippen LogP contribution in [0.4, 0.5) is 10.5 Å². The molecule has 0 unspecified atom stereocenters. The molecule has 0 spiro atoms. The molecule has 2 aromatic rings. The molecule has 0 aliphatic carbocycles. The minimum absolute atomic E-state index is 0.00572. The lowest BCUT2D eigenvalue weighted by atomic mass is 10.2. The fourth-order valence-electron chi connectivity index (χ4n) is 3.03. The molecule has 136 valence electrons. The molecular formula is C20H23N3O3. The standard InChI is InChI=1S/C20H23N3O3/c1-22(13-15-6-4-3-5-7-15)20(25)21-16-12-19(24)23(14-16)17-8-10-18(26-2)11-9-17/h3-11,16H,12-14H2,1-2H3,(H,21,25)/t16-/m0/s1. The van der Waals surface area contributed by atoms with Gasteiger partial charge in [0.25, 0.3) is 0 Å². The first kappa shape index (κ1) is 17.8. The third-order valence-corrected chi connectivity index (χ3v) is 4.45. The van der Waals surface area contributed by atoms with E-state index < -0.39 is 0 Å². The van der Waals surface area contributed by atoms with Gasteiger partial charge in [-0.15, -0.1) is 0 Å². The summed E-state index contributed by atoms with van der Waals surface area (Å²) in [5, 5.41) is 2.95. The summed E-state index contributed by atoms with van der Waals surface area (Å²) in [5.74, 6) is 0.749. The molecule has 3 amide bonds. The first-order chi connectivity index (χ1) is 12.6. The predicted molar refractivity (Wildman–Crippen MR) is 100 cm³/mol. The number of rotatable bonds is 5. The van der Waals surface area contributed by atoms with Crippen LogP contribution in [0.15, 0.2) is 54.6 Å². The van der Waals surface area contributed by atoms with E-state index in [0.717, 1.165) is 17.0 Å². The number of benzene rings is 2. The molecule has 1 aliphatic heterocycles. The van der Waals surface area contributed by atoms with Crippen LogP contribution >= 0.6 is 0 Å².